The van der Waals surface area contributed by atoms with Gasteiger partial charge in [-0.2, -0.15) is 0 Å². The van der Waals surface area contributed by atoms with Crippen LogP contribution in [0.1, 0.15) is 22.8 Å². The summed E-state index contributed by atoms with van der Waals surface area (Å²) in [4.78, 5) is 27.5. The van der Waals surface area contributed by atoms with Gasteiger partial charge >= 0.3 is 5.97 Å². The van der Waals surface area contributed by atoms with E-state index in [9.17, 15) is 9.59 Å². The molecule has 24 heavy (non-hydrogen) atoms. The van der Waals surface area contributed by atoms with E-state index < -0.39 is 12.1 Å². The van der Waals surface area contributed by atoms with Crippen molar-refractivity contribution in [1.82, 2.24) is 4.98 Å². The molecule has 0 saturated carbocycles. The van der Waals surface area contributed by atoms with E-state index in [2.05, 4.69) is 10.3 Å². The highest BCUT2D eigenvalue weighted by Crippen LogP contribution is 2.19. The van der Waals surface area contributed by atoms with Crippen LogP contribution in [0, 0.1) is 6.92 Å². The quantitative estimate of drug-likeness (QED) is 0.720. The predicted octanol–water partition coefficient (Wildman–Crippen LogP) is 3.66. The Bertz CT molecular complexity index is 898. The molecule has 1 aromatic heterocycles. The summed E-state index contributed by atoms with van der Waals surface area (Å²) in [6.45, 7) is 3.49. The Kier molecular flexibility index (Phi) is 4.33. The molecular weight excluding hydrogens is 304 g/mol. The van der Waals surface area contributed by atoms with Crippen LogP contribution in [0.5, 0.6) is 0 Å². The van der Waals surface area contributed by atoms with E-state index in [0.717, 1.165) is 16.5 Å². The number of hydrogen-bond acceptors (Lipinski definition) is 3. The predicted molar refractivity (Wildman–Crippen MR) is 93.0 cm³/mol. The molecule has 1 amide bonds. The number of anilines is 1. The number of H-pyrrole nitrogens is 1. The molecule has 0 unspecified atom stereocenters. The first-order valence-corrected chi connectivity index (χ1v) is 7.69. The third-order valence-corrected chi connectivity index (χ3v) is 3.75. The van der Waals surface area contributed by atoms with Crippen molar-refractivity contribution in [1.29, 1.82) is 0 Å². The zero-order valence-corrected chi connectivity index (χ0v) is 13.5. The number of benzene rings is 2. The van der Waals surface area contributed by atoms with Crippen molar-refractivity contribution in [2.75, 3.05) is 5.32 Å². The Labute approximate surface area is 139 Å². The number of aromatic amines is 1. The highest BCUT2D eigenvalue weighted by molar-refractivity contribution is 6.05. The summed E-state index contributed by atoms with van der Waals surface area (Å²) >= 11 is 0. The zero-order valence-electron chi connectivity index (χ0n) is 13.5. The molecule has 5 heteroatoms. The first-order valence-electron chi connectivity index (χ1n) is 7.69. The molecule has 0 aliphatic heterocycles. The molecule has 0 radical (unpaired) electrons. The molecular formula is C19H18N2O3. The molecule has 0 fully saturated rings. The Morgan fingerprint density at radius 1 is 1.12 bits per heavy atom. The fourth-order valence-electron chi connectivity index (χ4n) is 2.48. The van der Waals surface area contributed by atoms with Crippen molar-refractivity contribution in [3.8, 4) is 0 Å². The standard InChI is InChI=1S/C19H18N2O3/c1-12-6-5-7-14(10-12)21-18(22)13(2)24-19(23)16-11-20-17-9-4-3-8-15(16)17/h3-11,13,20H,1-2H3,(H,21,22)/t13-/m0/s1. The normalized spacial score (nSPS) is 11.9. The summed E-state index contributed by atoms with van der Waals surface area (Å²) in [5.74, 6) is -0.895. The van der Waals surface area contributed by atoms with Crippen LogP contribution in [0.4, 0.5) is 5.69 Å². The van der Waals surface area contributed by atoms with Gasteiger partial charge in [0.05, 0.1) is 5.56 Å². The zero-order chi connectivity index (χ0) is 17.1. The van der Waals surface area contributed by atoms with E-state index in [1.54, 1.807) is 19.2 Å². The van der Waals surface area contributed by atoms with Gasteiger partial charge in [-0.25, -0.2) is 4.79 Å². The van der Waals surface area contributed by atoms with Gasteiger partial charge in [0.2, 0.25) is 0 Å². The van der Waals surface area contributed by atoms with Gasteiger partial charge < -0.3 is 15.0 Å². The van der Waals surface area contributed by atoms with Crippen LogP contribution in [0.15, 0.2) is 54.7 Å². The van der Waals surface area contributed by atoms with E-state index in [4.69, 9.17) is 4.74 Å². The third-order valence-electron chi connectivity index (χ3n) is 3.75. The summed E-state index contributed by atoms with van der Waals surface area (Å²) < 4.78 is 5.30. The molecule has 0 spiro atoms. The number of rotatable bonds is 4. The summed E-state index contributed by atoms with van der Waals surface area (Å²) in [6, 6.07) is 14.9. The van der Waals surface area contributed by atoms with Crippen LogP contribution in [0.3, 0.4) is 0 Å². The molecule has 1 atom stereocenters. The highest BCUT2D eigenvalue weighted by Gasteiger charge is 2.21. The summed E-state index contributed by atoms with van der Waals surface area (Å²) in [5, 5.41) is 3.52. The van der Waals surface area contributed by atoms with Crippen molar-refractivity contribution < 1.29 is 14.3 Å². The largest absolute Gasteiger partial charge is 0.449 e. The minimum absolute atomic E-state index is 0.367. The molecule has 0 bridgehead atoms. The Morgan fingerprint density at radius 2 is 1.92 bits per heavy atom. The van der Waals surface area contributed by atoms with Gasteiger partial charge in [0.15, 0.2) is 6.10 Å². The lowest BCUT2D eigenvalue weighted by molar-refractivity contribution is -0.123. The fourth-order valence-corrected chi connectivity index (χ4v) is 2.48. The third kappa shape index (κ3) is 3.30. The number of fused-ring (bicyclic) bond motifs is 1. The van der Waals surface area contributed by atoms with Crippen molar-refractivity contribution in [2.24, 2.45) is 0 Å². The van der Waals surface area contributed by atoms with Crippen LogP contribution in [-0.2, 0) is 9.53 Å². The Hall–Kier alpha value is -3.08. The SMILES string of the molecule is Cc1cccc(NC(=O)[C@H](C)OC(=O)c2c[nH]c3ccccc23)c1. The number of aryl methyl sites for hydroxylation is 1. The van der Waals surface area contributed by atoms with Crippen molar-refractivity contribution in [2.45, 2.75) is 20.0 Å². The van der Waals surface area contributed by atoms with E-state index in [1.165, 1.54) is 0 Å². The molecule has 5 nitrogen and oxygen atoms in total. The van der Waals surface area contributed by atoms with Gasteiger partial charge in [0.25, 0.3) is 5.91 Å². The molecule has 0 aliphatic carbocycles. The Balaban J connectivity index is 1.68. The molecule has 1 heterocycles. The van der Waals surface area contributed by atoms with Crippen molar-refractivity contribution in [3.63, 3.8) is 0 Å². The molecule has 3 aromatic rings. The maximum Gasteiger partial charge on any atom is 0.341 e. The van der Waals surface area contributed by atoms with Gasteiger partial charge in [-0.15, -0.1) is 0 Å². The molecule has 2 aromatic carbocycles. The first kappa shape index (κ1) is 15.8. The summed E-state index contributed by atoms with van der Waals surface area (Å²) in [7, 11) is 0. The smallest absolute Gasteiger partial charge is 0.341 e. The minimum atomic E-state index is -0.897. The molecule has 2 N–H and O–H groups in total. The van der Waals surface area contributed by atoms with Gasteiger partial charge in [0.1, 0.15) is 0 Å². The lowest BCUT2D eigenvalue weighted by atomic mass is 10.2. The lowest BCUT2D eigenvalue weighted by Crippen LogP contribution is -2.29. The fraction of sp³-hybridized carbons (Fsp3) is 0.158. The van der Waals surface area contributed by atoms with Crippen LogP contribution in [-0.4, -0.2) is 23.0 Å². The summed E-state index contributed by atoms with van der Waals surface area (Å²) in [5.41, 5.74) is 2.98. The van der Waals surface area contributed by atoms with Gasteiger partial charge in [-0.1, -0.05) is 30.3 Å². The number of para-hydroxylation sites is 1. The van der Waals surface area contributed by atoms with Crippen LogP contribution in [0.2, 0.25) is 0 Å². The van der Waals surface area contributed by atoms with Crippen molar-refractivity contribution in [3.05, 3.63) is 65.9 Å². The minimum Gasteiger partial charge on any atom is -0.449 e. The Morgan fingerprint density at radius 3 is 2.71 bits per heavy atom. The number of hydrogen-bond donors (Lipinski definition) is 2. The monoisotopic (exact) mass is 322 g/mol. The number of carbonyl (C=O) groups excluding carboxylic acids is 2. The molecule has 0 saturated heterocycles. The average Bonchev–Trinajstić information content (AvgIpc) is 2.99. The maximum atomic E-state index is 12.3. The topological polar surface area (TPSA) is 71.2 Å². The number of carbonyl (C=O) groups is 2. The second-order valence-corrected chi connectivity index (χ2v) is 5.65. The number of aromatic nitrogens is 1. The van der Waals surface area contributed by atoms with Crippen LogP contribution < -0.4 is 5.32 Å². The summed E-state index contributed by atoms with van der Waals surface area (Å²) in [6.07, 6.45) is 0.699. The number of ether oxygens (including phenoxy) is 1. The molecule has 0 aliphatic rings. The van der Waals surface area contributed by atoms with Gasteiger partial charge in [0, 0.05) is 22.8 Å². The maximum absolute atomic E-state index is 12.3. The van der Waals surface area contributed by atoms with Gasteiger partial charge in [-0.3, -0.25) is 4.79 Å². The highest BCUT2D eigenvalue weighted by atomic mass is 16.5. The second-order valence-electron chi connectivity index (χ2n) is 5.65. The number of amides is 1. The van der Waals surface area contributed by atoms with Crippen LogP contribution >= 0.6 is 0 Å². The molecule has 122 valence electrons. The first-order chi connectivity index (χ1) is 11.5. The van der Waals surface area contributed by atoms with E-state index in [-0.39, 0.29) is 5.91 Å². The van der Waals surface area contributed by atoms with Gasteiger partial charge in [-0.05, 0) is 37.6 Å². The van der Waals surface area contributed by atoms with E-state index in [1.807, 2.05) is 49.4 Å². The second kappa shape index (κ2) is 6.58. The van der Waals surface area contributed by atoms with E-state index >= 15 is 0 Å². The molecule has 3 rings (SSSR count). The van der Waals surface area contributed by atoms with Crippen molar-refractivity contribution >= 4 is 28.5 Å². The lowest BCUT2D eigenvalue weighted by Gasteiger charge is -2.13. The number of nitrogens with one attached hydrogen (secondary N) is 2. The number of esters is 1. The van der Waals surface area contributed by atoms with E-state index in [0.29, 0.717) is 11.3 Å². The van der Waals surface area contributed by atoms with Crippen LogP contribution in [0.25, 0.3) is 10.9 Å². The average molecular weight is 322 g/mol.